The minimum absolute atomic E-state index is 0.156. The third-order valence-electron chi connectivity index (χ3n) is 5.85. The number of amides is 2. The van der Waals surface area contributed by atoms with Crippen LogP contribution in [0.5, 0.6) is 11.5 Å². The summed E-state index contributed by atoms with van der Waals surface area (Å²) in [5.41, 5.74) is 1.08. The summed E-state index contributed by atoms with van der Waals surface area (Å²) in [6.07, 6.45) is 2.92. The van der Waals surface area contributed by atoms with Gasteiger partial charge in [-0.25, -0.2) is 4.98 Å². The van der Waals surface area contributed by atoms with Crippen molar-refractivity contribution in [3.05, 3.63) is 47.8 Å². The van der Waals surface area contributed by atoms with Gasteiger partial charge >= 0.3 is 5.97 Å². The van der Waals surface area contributed by atoms with Crippen molar-refractivity contribution in [1.29, 1.82) is 0 Å². The summed E-state index contributed by atoms with van der Waals surface area (Å²) in [4.78, 5) is 48.9. The Hall–Kier alpha value is -4.48. The number of ether oxygens (including phenoxy) is 3. The molecule has 12 nitrogen and oxygen atoms in total. The Bertz CT molecular complexity index is 1400. The molecule has 5 rings (SSSR count). The average molecular weight is 492 g/mol. The Morgan fingerprint density at radius 3 is 2.97 bits per heavy atom. The predicted octanol–water partition coefficient (Wildman–Crippen LogP) is 0.807. The lowest BCUT2D eigenvalue weighted by molar-refractivity contribution is -0.148. The summed E-state index contributed by atoms with van der Waals surface area (Å²) in [7, 11) is 1.50. The van der Waals surface area contributed by atoms with E-state index in [1.165, 1.54) is 13.3 Å². The number of carbonyl (C=O) groups is 3. The van der Waals surface area contributed by atoms with E-state index in [-0.39, 0.29) is 37.1 Å². The van der Waals surface area contributed by atoms with E-state index in [4.69, 9.17) is 14.2 Å². The molecule has 0 saturated carbocycles. The number of hydrogen-bond donors (Lipinski definition) is 2. The van der Waals surface area contributed by atoms with Crippen LogP contribution >= 0.6 is 0 Å². The first-order valence-corrected chi connectivity index (χ1v) is 11.5. The van der Waals surface area contributed by atoms with E-state index >= 15 is 0 Å². The lowest BCUT2D eigenvalue weighted by atomic mass is 10.2. The molecule has 0 spiro atoms. The number of carbonyl (C=O) groups excluding carboxylic acids is 3. The molecule has 2 amide bonds. The second kappa shape index (κ2) is 10.0. The van der Waals surface area contributed by atoms with Crippen molar-refractivity contribution in [1.82, 2.24) is 19.9 Å². The van der Waals surface area contributed by atoms with E-state index in [9.17, 15) is 14.4 Å². The number of rotatable bonds is 7. The maximum absolute atomic E-state index is 12.7. The van der Waals surface area contributed by atoms with Crippen LogP contribution < -0.4 is 25.7 Å². The van der Waals surface area contributed by atoms with Crippen molar-refractivity contribution in [2.75, 3.05) is 32.1 Å². The summed E-state index contributed by atoms with van der Waals surface area (Å²) in [6, 6.07) is 6.94. The largest absolute Gasteiger partial charge is 0.491 e. The molecular weight excluding hydrogens is 468 g/mol. The zero-order chi connectivity index (χ0) is 25.1. The quantitative estimate of drug-likeness (QED) is 0.361. The monoisotopic (exact) mass is 492 g/mol. The fourth-order valence-corrected chi connectivity index (χ4v) is 4.15. The maximum Gasteiger partial charge on any atom is 0.306 e. The normalized spacial score (nSPS) is 16.9. The highest BCUT2D eigenvalue weighted by Gasteiger charge is 2.29. The van der Waals surface area contributed by atoms with Gasteiger partial charge in [0, 0.05) is 43.7 Å². The molecule has 12 heteroatoms. The number of benzene rings is 1. The summed E-state index contributed by atoms with van der Waals surface area (Å²) >= 11 is 0. The predicted molar refractivity (Wildman–Crippen MR) is 127 cm³/mol. The van der Waals surface area contributed by atoms with Gasteiger partial charge in [-0.3, -0.25) is 23.9 Å². The summed E-state index contributed by atoms with van der Waals surface area (Å²) in [5.74, 6) is 0.414. The standard InChI is InChI=1S/C24H24N6O6/c1-34-20-16(35-12-10-27-23(33)17-6-7-18(31)36-17)5-4-15-19(20)28-24(30-11-9-26-21(15)30)29-22(32)14-3-2-8-25-13-14/h2-5,8,13,17,26H,6-7,9-12H2,1H3,(H,27,33)/t17-/m0/s1. The number of hydrogen-bond acceptors (Lipinski definition) is 9. The number of methoxy groups -OCH3 is 1. The molecule has 1 saturated heterocycles. The van der Waals surface area contributed by atoms with Gasteiger partial charge in [-0.2, -0.15) is 4.99 Å². The third kappa shape index (κ3) is 4.57. The Kier molecular flexibility index (Phi) is 6.48. The Balaban J connectivity index is 1.40. The molecule has 0 unspecified atom stereocenters. The molecule has 2 aromatic heterocycles. The van der Waals surface area contributed by atoms with Crippen LogP contribution in [0.4, 0.5) is 5.82 Å². The van der Waals surface area contributed by atoms with Gasteiger partial charge in [-0.05, 0) is 24.3 Å². The second-order valence-corrected chi connectivity index (χ2v) is 8.15. The first kappa shape index (κ1) is 23.3. The lowest BCUT2D eigenvalue weighted by Crippen LogP contribution is -2.36. The van der Waals surface area contributed by atoms with E-state index in [1.54, 1.807) is 24.4 Å². The number of pyridine rings is 1. The van der Waals surface area contributed by atoms with Crippen LogP contribution in [-0.2, 0) is 20.9 Å². The third-order valence-corrected chi connectivity index (χ3v) is 5.85. The highest BCUT2D eigenvalue weighted by molar-refractivity contribution is 5.96. The first-order chi connectivity index (χ1) is 17.5. The van der Waals surface area contributed by atoms with Gasteiger partial charge < -0.3 is 24.8 Å². The molecule has 4 heterocycles. The van der Waals surface area contributed by atoms with Crippen molar-refractivity contribution in [2.45, 2.75) is 25.5 Å². The van der Waals surface area contributed by atoms with Crippen LogP contribution in [0.3, 0.4) is 0 Å². The van der Waals surface area contributed by atoms with E-state index in [0.717, 1.165) is 11.2 Å². The minimum atomic E-state index is -0.749. The van der Waals surface area contributed by atoms with Crippen molar-refractivity contribution in [3.63, 3.8) is 0 Å². The molecule has 3 aromatic rings. The summed E-state index contributed by atoms with van der Waals surface area (Å²) in [5, 5.41) is 6.82. The van der Waals surface area contributed by atoms with Gasteiger partial charge in [0.25, 0.3) is 11.8 Å². The zero-order valence-electron chi connectivity index (χ0n) is 19.5. The van der Waals surface area contributed by atoms with Gasteiger partial charge in [0.15, 0.2) is 17.6 Å². The van der Waals surface area contributed by atoms with E-state index in [1.807, 2.05) is 10.6 Å². The lowest BCUT2D eigenvalue weighted by Gasteiger charge is -2.15. The topological polar surface area (TPSA) is 146 Å². The van der Waals surface area contributed by atoms with Gasteiger partial charge in [-0.15, -0.1) is 0 Å². The number of fused-ring (bicyclic) bond motifs is 3. The average Bonchev–Trinajstić information content (AvgIpc) is 3.56. The SMILES string of the molecule is COc1c(OCCNC(=O)[C@@H]2CCC(=O)O2)ccc2c3n(c(=NC(=O)c4cccnc4)nc12)CCN3. The maximum atomic E-state index is 12.7. The molecule has 186 valence electrons. The Labute approximate surface area is 205 Å². The highest BCUT2D eigenvalue weighted by atomic mass is 16.6. The number of cyclic esters (lactones) is 1. The first-order valence-electron chi connectivity index (χ1n) is 11.5. The fraction of sp³-hybridized carbons (Fsp3) is 0.333. The molecule has 1 atom stereocenters. The zero-order valence-corrected chi connectivity index (χ0v) is 19.5. The van der Waals surface area contributed by atoms with Gasteiger partial charge in [0.05, 0.1) is 19.2 Å². The van der Waals surface area contributed by atoms with Crippen LogP contribution in [0.25, 0.3) is 10.9 Å². The van der Waals surface area contributed by atoms with Gasteiger partial charge in [0.2, 0.25) is 5.62 Å². The number of esters is 1. The number of nitrogens with one attached hydrogen (secondary N) is 2. The fourth-order valence-electron chi connectivity index (χ4n) is 4.15. The van der Waals surface area contributed by atoms with Crippen molar-refractivity contribution >= 4 is 34.5 Å². The Morgan fingerprint density at radius 1 is 1.33 bits per heavy atom. The van der Waals surface area contributed by atoms with Crippen molar-refractivity contribution < 1.29 is 28.6 Å². The molecular formula is C24H24N6O6. The summed E-state index contributed by atoms with van der Waals surface area (Å²) < 4.78 is 18.3. The second-order valence-electron chi connectivity index (χ2n) is 8.15. The summed E-state index contributed by atoms with van der Waals surface area (Å²) in [6.45, 7) is 1.64. The van der Waals surface area contributed by atoms with Crippen LogP contribution in [0.2, 0.25) is 0 Å². The molecule has 0 aliphatic carbocycles. The molecule has 2 aliphatic rings. The van der Waals surface area contributed by atoms with Crippen molar-refractivity contribution in [3.8, 4) is 11.5 Å². The van der Waals surface area contributed by atoms with Gasteiger partial charge in [0.1, 0.15) is 17.9 Å². The molecule has 2 aliphatic heterocycles. The molecule has 1 fully saturated rings. The van der Waals surface area contributed by atoms with Crippen molar-refractivity contribution in [2.24, 2.45) is 4.99 Å². The van der Waals surface area contributed by atoms with E-state index in [0.29, 0.717) is 42.1 Å². The molecule has 0 radical (unpaired) electrons. The molecule has 1 aromatic carbocycles. The minimum Gasteiger partial charge on any atom is -0.491 e. The molecule has 36 heavy (non-hydrogen) atoms. The van der Waals surface area contributed by atoms with Crippen LogP contribution in [0.1, 0.15) is 23.2 Å². The van der Waals surface area contributed by atoms with Crippen LogP contribution in [-0.4, -0.2) is 65.2 Å². The number of aromatic nitrogens is 3. The Morgan fingerprint density at radius 2 is 2.22 bits per heavy atom. The smallest absolute Gasteiger partial charge is 0.306 e. The molecule has 0 bridgehead atoms. The number of nitrogens with zero attached hydrogens (tertiary/aromatic N) is 4. The number of anilines is 1. The van der Waals surface area contributed by atoms with E-state index in [2.05, 4.69) is 25.6 Å². The highest BCUT2D eigenvalue weighted by Crippen LogP contribution is 2.37. The van der Waals surface area contributed by atoms with E-state index < -0.39 is 12.0 Å². The van der Waals surface area contributed by atoms with Gasteiger partial charge in [-0.1, -0.05) is 0 Å². The molecule has 2 N–H and O–H groups in total. The van der Waals surface area contributed by atoms with Crippen LogP contribution in [0.15, 0.2) is 41.7 Å². The van der Waals surface area contributed by atoms with Crippen LogP contribution in [0, 0.1) is 0 Å².